The lowest BCUT2D eigenvalue weighted by Crippen LogP contribution is -2.47. The van der Waals surface area contributed by atoms with Crippen LogP contribution in [0.15, 0.2) is 0 Å². The summed E-state index contributed by atoms with van der Waals surface area (Å²) in [5.74, 6) is 1.56. The van der Waals surface area contributed by atoms with E-state index < -0.39 is 0 Å². The Hall–Kier alpha value is -0.570. The van der Waals surface area contributed by atoms with Crippen LogP contribution < -0.4 is 5.73 Å². The van der Waals surface area contributed by atoms with Crippen LogP contribution in [0.5, 0.6) is 0 Å². The van der Waals surface area contributed by atoms with E-state index in [2.05, 4.69) is 27.7 Å². The minimum Gasteiger partial charge on any atom is -0.341 e. The number of carbonyl (C=O) groups is 1. The van der Waals surface area contributed by atoms with Gasteiger partial charge in [-0.05, 0) is 30.6 Å². The van der Waals surface area contributed by atoms with Crippen LogP contribution in [0.25, 0.3) is 0 Å². The summed E-state index contributed by atoms with van der Waals surface area (Å²) in [7, 11) is 0. The predicted molar refractivity (Wildman–Crippen MR) is 78.3 cm³/mol. The Morgan fingerprint density at radius 1 is 0.944 bits per heavy atom. The van der Waals surface area contributed by atoms with Crippen molar-refractivity contribution in [2.24, 2.45) is 23.5 Å². The molecular formula is C15H32N2O. The second-order valence-electron chi connectivity index (χ2n) is 6.46. The molecule has 0 aliphatic carbocycles. The maximum absolute atomic E-state index is 12.3. The summed E-state index contributed by atoms with van der Waals surface area (Å²) >= 11 is 0. The molecule has 0 rings (SSSR count). The van der Waals surface area contributed by atoms with Crippen LogP contribution in [0.3, 0.4) is 0 Å². The molecule has 1 atom stereocenters. The fourth-order valence-electron chi connectivity index (χ4n) is 1.66. The fraction of sp³-hybridized carbons (Fsp3) is 0.933. The van der Waals surface area contributed by atoms with Crippen molar-refractivity contribution in [3.63, 3.8) is 0 Å². The standard InChI is InChI=1S/C15H32N2O/c1-11(2)7-9-17(10-8-12(3)4)15(18)14(16)13(5)6/h11-14H,7-10,16H2,1-6H3. The summed E-state index contributed by atoms with van der Waals surface area (Å²) in [5.41, 5.74) is 5.98. The van der Waals surface area contributed by atoms with Gasteiger partial charge in [-0.25, -0.2) is 0 Å². The molecule has 0 saturated carbocycles. The summed E-state index contributed by atoms with van der Waals surface area (Å²) in [6.07, 6.45) is 2.10. The van der Waals surface area contributed by atoms with Crippen LogP contribution in [-0.4, -0.2) is 29.9 Å². The summed E-state index contributed by atoms with van der Waals surface area (Å²) < 4.78 is 0. The van der Waals surface area contributed by atoms with Crippen LogP contribution in [0, 0.1) is 17.8 Å². The Morgan fingerprint density at radius 2 is 1.33 bits per heavy atom. The number of rotatable bonds is 8. The van der Waals surface area contributed by atoms with Crippen LogP contribution >= 0.6 is 0 Å². The van der Waals surface area contributed by atoms with Crippen molar-refractivity contribution in [3.05, 3.63) is 0 Å². The van der Waals surface area contributed by atoms with Gasteiger partial charge in [0.15, 0.2) is 0 Å². The van der Waals surface area contributed by atoms with Gasteiger partial charge in [-0.2, -0.15) is 0 Å². The molecule has 0 aromatic heterocycles. The molecule has 18 heavy (non-hydrogen) atoms. The van der Waals surface area contributed by atoms with E-state index in [4.69, 9.17) is 5.73 Å². The molecule has 1 amide bonds. The number of nitrogens with zero attached hydrogens (tertiary/aromatic N) is 1. The molecule has 0 spiro atoms. The van der Waals surface area contributed by atoms with Crippen LogP contribution in [0.1, 0.15) is 54.4 Å². The van der Waals surface area contributed by atoms with Crippen molar-refractivity contribution in [1.82, 2.24) is 4.90 Å². The van der Waals surface area contributed by atoms with Crippen LogP contribution in [0.2, 0.25) is 0 Å². The predicted octanol–water partition coefficient (Wildman–Crippen LogP) is 2.89. The summed E-state index contributed by atoms with van der Waals surface area (Å²) in [4.78, 5) is 14.3. The molecule has 0 saturated heterocycles. The molecule has 108 valence electrons. The number of hydrogen-bond acceptors (Lipinski definition) is 2. The summed E-state index contributed by atoms with van der Waals surface area (Å²) in [6.45, 7) is 14.4. The van der Waals surface area contributed by atoms with E-state index in [-0.39, 0.29) is 17.9 Å². The summed E-state index contributed by atoms with van der Waals surface area (Å²) in [5, 5.41) is 0. The van der Waals surface area contributed by atoms with Crippen molar-refractivity contribution in [3.8, 4) is 0 Å². The molecule has 0 heterocycles. The Bertz CT molecular complexity index is 225. The van der Waals surface area contributed by atoms with Gasteiger partial charge in [-0.3, -0.25) is 4.79 Å². The highest BCUT2D eigenvalue weighted by atomic mass is 16.2. The highest BCUT2D eigenvalue weighted by Crippen LogP contribution is 2.10. The van der Waals surface area contributed by atoms with Crippen molar-refractivity contribution in [2.45, 2.75) is 60.4 Å². The third-order valence-electron chi connectivity index (χ3n) is 3.27. The lowest BCUT2D eigenvalue weighted by Gasteiger charge is -2.28. The third kappa shape index (κ3) is 7.00. The topological polar surface area (TPSA) is 46.3 Å². The van der Waals surface area contributed by atoms with Crippen molar-refractivity contribution < 1.29 is 4.79 Å². The first-order valence-corrected chi connectivity index (χ1v) is 7.30. The zero-order chi connectivity index (χ0) is 14.3. The van der Waals surface area contributed by atoms with Gasteiger partial charge in [-0.15, -0.1) is 0 Å². The third-order valence-corrected chi connectivity index (χ3v) is 3.27. The average Bonchev–Trinajstić information content (AvgIpc) is 2.26. The molecule has 0 aliphatic rings. The fourth-order valence-corrected chi connectivity index (χ4v) is 1.66. The number of nitrogens with two attached hydrogens (primary N) is 1. The minimum absolute atomic E-state index is 0.117. The van der Waals surface area contributed by atoms with Crippen LogP contribution in [-0.2, 0) is 4.79 Å². The minimum atomic E-state index is -0.357. The first-order chi connectivity index (χ1) is 8.25. The summed E-state index contributed by atoms with van der Waals surface area (Å²) in [6, 6.07) is -0.357. The van der Waals surface area contributed by atoms with Crippen molar-refractivity contribution in [2.75, 3.05) is 13.1 Å². The second kappa shape index (κ2) is 8.52. The SMILES string of the molecule is CC(C)CCN(CCC(C)C)C(=O)C(N)C(C)C. The molecule has 0 radical (unpaired) electrons. The Kier molecular flexibility index (Phi) is 8.25. The highest BCUT2D eigenvalue weighted by molar-refractivity contribution is 5.81. The van der Waals surface area contributed by atoms with Gasteiger partial charge < -0.3 is 10.6 Å². The first kappa shape index (κ1) is 17.4. The number of amides is 1. The molecule has 0 aromatic carbocycles. The normalized spacial score (nSPS) is 13.4. The maximum Gasteiger partial charge on any atom is 0.239 e. The Labute approximate surface area is 113 Å². The molecule has 3 nitrogen and oxygen atoms in total. The quantitative estimate of drug-likeness (QED) is 0.726. The molecular weight excluding hydrogens is 224 g/mol. The van der Waals surface area contributed by atoms with E-state index in [1.54, 1.807) is 0 Å². The van der Waals surface area contributed by atoms with Gasteiger partial charge in [0.05, 0.1) is 6.04 Å². The van der Waals surface area contributed by atoms with E-state index in [0.717, 1.165) is 25.9 Å². The van der Waals surface area contributed by atoms with Gasteiger partial charge in [0.1, 0.15) is 0 Å². The van der Waals surface area contributed by atoms with Crippen molar-refractivity contribution in [1.29, 1.82) is 0 Å². The molecule has 0 fully saturated rings. The van der Waals surface area contributed by atoms with E-state index in [1.807, 2.05) is 18.7 Å². The van der Waals surface area contributed by atoms with Gasteiger partial charge in [-0.1, -0.05) is 41.5 Å². The molecule has 0 aromatic rings. The molecule has 3 heteroatoms. The largest absolute Gasteiger partial charge is 0.341 e. The van der Waals surface area contributed by atoms with Gasteiger partial charge in [0.25, 0.3) is 0 Å². The monoisotopic (exact) mass is 256 g/mol. The van der Waals surface area contributed by atoms with Gasteiger partial charge in [0.2, 0.25) is 5.91 Å². The molecule has 0 bridgehead atoms. The Morgan fingerprint density at radius 3 is 1.61 bits per heavy atom. The number of carbonyl (C=O) groups excluding carboxylic acids is 1. The average molecular weight is 256 g/mol. The highest BCUT2D eigenvalue weighted by Gasteiger charge is 2.23. The van der Waals surface area contributed by atoms with E-state index in [1.165, 1.54) is 0 Å². The van der Waals surface area contributed by atoms with E-state index >= 15 is 0 Å². The lowest BCUT2D eigenvalue weighted by atomic mass is 10.0. The van der Waals surface area contributed by atoms with E-state index in [0.29, 0.717) is 11.8 Å². The zero-order valence-electron chi connectivity index (χ0n) is 13.1. The van der Waals surface area contributed by atoms with E-state index in [9.17, 15) is 4.79 Å². The lowest BCUT2D eigenvalue weighted by molar-refractivity contribution is -0.133. The molecule has 2 N–H and O–H groups in total. The molecule has 0 aliphatic heterocycles. The first-order valence-electron chi connectivity index (χ1n) is 7.30. The smallest absolute Gasteiger partial charge is 0.239 e. The van der Waals surface area contributed by atoms with Crippen molar-refractivity contribution >= 4 is 5.91 Å². The maximum atomic E-state index is 12.3. The molecule has 1 unspecified atom stereocenters. The second-order valence-corrected chi connectivity index (χ2v) is 6.46. The van der Waals surface area contributed by atoms with Gasteiger partial charge in [0, 0.05) is 13.1 Å². The Balaban J connectivity index is 4.48. The van der Waals surface area contributed by atoms with Gasteiger partial charge >= 0.3 is 0 Å². The number of hydrogen-bond donors (Lipinski definition) is 1. The van der Waals surface area contributed by atoms with Crippen LogP contribution in [0.4, 0.5) is 0 Å². The zero-order valence-corrected chi connectivity index (χ0v) is 13.1.